The van der Waals surface area contributed by atoms with Crippen molar-refractivity contribution < 1.29 is 4.74 Å². The minimum atomic E-state index is 0.995. The molecule has 1 aromatic carbocycles. The number of aromatic nitrogens is 1. The Balaban J connectivity index is 2.39. The maximum atomic E-state index is 5.47. The summed E-state index contributed by atoms with van der Waals surface area (Å²) in [5.41, 5.74) is 4.31. The van der Waals surface area contributed by atoms with Crippen molar-refractivity contribution in [1.29, 1.82) is 0 Å². The highest BCUT2D eigenvalue weighted by atomic mass is 16.5. The highest BCUT2D eigenvalue weighted by Gasteiger charge is 2.19. The highest BCUT2D eigenvalue weighted by molar-refractivity contribution is 5.90. The third kappa shape index (κ3) is 1.19. The van der Waals surface area contributed by atoms with Crippen molar-refractivity contribution >= 4 is 10.9 Å². The van der Waals surface area contributed by atoms with Gasteiger partial charge in [0.15, 0.2) is 0 Å². The van der Waals surface area contributed by atoms with Crippen molar-refractivity contribution in [2.24, 2.45) is 7.05 Å². The largest absolute Gasteiger partial charge is 0.495 e. The number of hydrogen-bond donors (Lipinski definition) is 0. The maximum Gasteiger partial charge on any atom is 0.143 e. The molecule has 16 heavy (non-hydrogen) atoms. The molecule has 0 fully saturated rings. The molecule has 0 spiro atoms. The Kier molecular flexibility index (Phi) is 2.16. The van der Waals surface area contributed by atoms with Gasteiger partial charge in [0.2, 0.25) is 0 Å². The number of methoxy groups -OCH3 is 1. The fourth-order valence-corrected chi connectivity index (χ4v) is 2.96. The van der Waals surface area contributed by atoms with Gasteiger partial charge in [-0.15, -0.1) is 0 Å². The Hall–Kier alpha value is -1.44. The van der Waals surface area contributed by atoms with Gasteiger partial charge in [-0.05, 0) is 37.3 Å². The minimum Gasteiger partial charge on any atom is -0.495 e. The Bertz CT molecular complexity index is 539. The molecule has 0 N–H and O–H groups in total. The van der Waals surface area contributed by atoms with Crippen molar-refractivity contribution in [3.8, 4) is 5.75 Å². The van der Waals surface area contributed by atoms with Crippen molar-refractivity contribution in [3.63, 3.8) is 0 Å². The van der Waals surface area contributed by atoms with E-state index in [1.54, 1.807) is 12.7 Å². The Morgan fingerprint density at radius 1 is 1.19 bits per heavy atom. The van der Waals surface area contributed by atoms with E-state index in [-0.39, 0.29) is 0 Å². The first-order chi connectivity index (χ1) is 7.83. The second-order valence-corrected chi connectivity index (χ2v) is 4.55. The SMILES string of the molecule is COc1cccc2c3c(n(C)c12)CCCC3. The summed E-state index contributed by atoms with van der Waals surface area (Å²) < 4.78 is 7.79. The van der Waals surface area contributed by atoms with Gasteiger partial charge < -0.3 is 9.30 Å². The average Bonchev–Trinajstić information content (AvgIpc) is 2.64. The van der Waals surface area contributed by atoms with Gasteiger partial charge >= 0.3 is 0 Å². The Morgan fingerprint density at radius 2 is 2.00 bits per heavy atom. The molecule has 2 heteroatoms. The number of benzene rings is 1. The second-order valence-electron chi connectivity index (χ2n) is 4.55. The standard InChI is InChI=1S/C14H17NO/c1-15-12-8-4-3-6-10(12)11-7-5-9-13(16-2)14(11)15/h5,7,9H,3-4,6,8H2,1-2H3. The lowest BCUT2D eigenvalue weighted by molar-refractivity contribution is 0.417. The zero-order chi connectivity index (χ0) is 11.1. The van der Waals surface area contributed by atoms with Crippen LogP contribution in [-0.4, -0.2) is 11.7 Å². The number of aryl methyl sites for hydroxylation is 2. The molecule has 0 atom stereocenters. The van der Waals surface area contributed by atoms with Gasteiger partial charge in [0, 0.05) is 18.1 Å². The van der Waals surface area contributed by atoms with Crippen molar-refractivity contribution in [3.05, 3.63) is 29.5 Å². The quantitative estimate of drug-likeness (QED) is 0.713. The lowest BCUT2D eigenvalue weighted by atomic mass is 9.95. The molecule has 3 rings (SSSR count). The summed E-state index contributed by atoms with van der Waals surface area (Å²) in [7, 11) is 3.91. The van der Waals surface area contributed by atoms with E-state index in [0.29, 0.717) is 0 Å². The van der Waals surface area contributed by atoms with E-state index in [1.807, 2.05) is 6.07 Å². The molecule has 0 bridgehead atoms. The first-order valence-corrected chi connectivity index (χ1v) is 5.96. The number of ether oxygens (including phenoxy) is 1. The van der Waals surface area contributed by atoms with Crippen LogP contribution >= 0.6 is 0 Å². The van der Waals surface area contributed by atoms with Crippen LogP contribution in [0.1, 0.15) is 24.1 Å². The van der Waals surface area contributed by atoms with Crippen LogP contribution in [-0.2, 0) is 19.9 Å². The lowest BCUT2D eigenvalue weighted by Gasteiger charge is -2.12. The second kappa shape index (κ2) is 3.55. The third-order valence-electron chi connectivity index (χ3n) is 3.72. The number of para-hydroxylation sites is 1. The van der Waals surface area contributed by atoms with Crippen LogP contribution < -0.4 is 4.74 Å². The highest BCUT2D eigenvalue weighted by Crippen LogP contribution is 2.35. The summed E-state index contributed by atoms with van der Waals surface area (Å²) >= 11 is 0. The number of hydrogen-bond acceptors (Lipinski definition) is 1. The van der Waals surface area contributed by atoms with Gasteiger partial charge in [0.1, 0.15) is 5.75 Å². The fraction of sp³-hybridized carbons (Fsp3) is 0.429. The number of fused-ring (bicyclic) bond motifs is 3. The molecule has 0 saturated heterocycles. The van der Waals surface area contributed by atoms with Crippen LogP contribution in [0.25, 0.3) is 10.9 Å². The summed E-state index contributed by atoms with van der Waals surface area (Å²) in [6, 6.07) is 6.37. The molecule has 1 aliphatic rings. The smallest absolute Gasteiger partial charge is 0.143 e. The lowest BCUT2D eigenvalue weighted by Crippen LogP contribution is -2.05. The zero-order valence-electron chi connectivity index (χ0n) is 9.92. The van der Waals surface area contributed by atoms with Crippen LogP contribution in [0.3, 0.4) is 0 Å². The van der Waals surface area contributed by atoms with E-state index in [2.05, 4.69) is 23.7 Å². The first-order valence-electron chi connectivity index (χ1n) is 5.96. The molecule has 1 aromatic heterocycles. The first kappa shape index (κ1) is 9.76. The van der Waals surface area contributed by atoms with Gasteiger partial charge in [0.05, 0.1) is 12.6 Å². The molecule has 0 radical (unpaired) electrons. The molecule has 2 aromatic rings. The van der Waals surface area contributed by atoms with Crippen LogP contribution in [0.2, 0.25) is 0 Å². The van der Waals surface area contributed by atoms with Crippen molar-refractivity contribution in [2.45, 2.75) is 25.7 Å². The fourth-order valence-electron chi connectivity index (χ4n) is 2.96. The molecular weight excluding hydrogens is 198 g/mol. The van der Waals surface area contributed by atoms with Crippen LogP contribution in [0, 0.1) is 0 Å². The molecule has 0 saturated carbocycles. The predicted octanol–water partition coefficient (Wildman–Crippen LogP) is 3.07. The van der Waals surface area contributed by atoms with E-state index in [4.69, 9.17) is 4.74 Å². The van der Waals surface area contributed by atoms with E-state index in [0.717, 1.165) is 5.75 Å². The molecule has 1 heterocycles. The minimum absolute atomic E-state index is 0.995. The van der Waals surface area contributed by atoms with Gasteiger partial charge in [-0.3, -0.25) is 0 Å². The Labute approximate surface area is 95.8 Å². The summed E-state index contributed by atoms with van der Waals surface area (Å²) in [6.07, 6.45) is 5.08. The topological polar surface area (TPSA) is 14.2 Å². The van der Waals surface area contributed by atoms with Crippen molar-refractivity contribution in [2.75, 3.05) is 7.11 Å². The van der Waals surface area contributed by atoms with Gasteiger partial charge in [-0.1, -0.05) is 12.1 Å². The van der Waals surface area contributed by atoms with E-state index in [9.17, 15) is 0 Å². The van der Waals surface area contributed by atoms with E-state index in [1.165, 1.54) is 42.3 Å². The monoisotopic (exact) mass is 215 g/mol. The molecule has 0 aliphatic heterocycles. The predicted molar refractivity (Wildman–Crippen MR) is 66.1 cm³/mol. The number of rotatable bonds is 1. The Morgan fingerprint density at radius 3 is 2.81 bits per heavy atom. The van der Waals surface area contributed by atoms with Crippen LogP contribution in [0.5, 0.6) is 5.75 Å². The van der Waals surface area contributed by atoms with Crippen LogP contribution in [0.15, 0.2) is 18.2 Å². The molecular formula is C14H17NO. The molecule has 0 unspecified atom stereocenters. The summed E-state index contributed by atoms with van der Waals surface area (Å²) in [5, 5.41) is 1.39. The molecule has 84 valence electrons. The van der Waals surface area contributed by atoms with Crippen molar-refractivity contribution in [1.82, 2.24) is 4.57 Å². The molecule has 0 amide bonds. The van der Waals surface area contributed by atoms with E-state index >= 15 is 0 Å². The third-order valence-corrected chi connectivity index (χ3v) is 3.72. The number of nitrogens with zero attached hydrogens (tertiary/aromatic N) is 1. The average molecular weight is 215 g/mol. The van der Waals surface area contributed by atoms with E-state index < -0.39 is 0 Å². The molecule has 1 aliphatic carbocycles. The van der Waals surface area contributed by atoms with Gasteiger partial charge in [0.25, 0.3) is 0 Å². The van der Waals surface area contributed by atoms with Gasteiger partial charge in [-0.25, -0.2) is 0 Å². The maximum absolute atomic E-state index is 5.47. The summed E-state index contributed by atoms with van der Waals surface area (Å²) in [5.74, 6) is 0.995. The summed E-state index contributed by atoms with van der Waals surface area (Å²) in [6.45, 7) is 0. The normalized spacial score (nSPS) is 15.1. The summed E-state index contributed by atoms with van der Waals surface area (Å²) in [4.78, 5) is 0. The van der Waals surface area contributed by atoms with Gasteiger partial charge in [-0.2, -0.15) is 0 Å². The van der Waals surface area contributed by atoms with Crippen LogP contribution in [0.4, 0.5) is 0 Å². The molecule has 2 nitrogen and oxygen atoms in total. The zero-order valence-corrected chi connectivity index (χ0v) is 9.92.